The summed E-state index contributed by atoms with van der Waals surface area (Å²) in [5, 5.41) is 9.75. The summed E-state index contributed by atoms with van der Waals surface area (Å²) in [5.41, 5.74) is 1.18. The van der Waals surface area contributed by atoms with E-state index in [-0.39, 0.29) is 11.5 Å². The second-order valence-corrected chi connectivity index (χ2v) is 3.88. The Hall–Kier alpha value is -1.95. The Morgan fingerprint density at radius 3 is 2.71 bits per heavy atom. The number of phenolic OH excluding ortho intramolecular Hbond substituents is 1. The fourth-order valence-electron chi connectivity index (χ4n) is 1.69. The largest absolute Gasteiger partial charge is 0.507 e. The first kappa shape index (κ1) is 13.1. The topological polar surface area (TPSA) is 40.5 Å². The van der Waals surface area contributed by atoms with E-state index in [2.05, 4.69) is 12.8 Å². The third-order valence-corrected chi connectivity index (χ3v) is 2.50. The lowest BCUT2D eigenvalue weighted by atomic mass is 10.1. The van der Waals surface area contributed by atoms with Crippen LogP contribution in [-0.2, 0) is 0 Å². The van der Waals surface area contributed by atoms with Crippen LogP contribution in [0.4, 0.5) is 5.69 Å². The number of rotatable bonds is 5. The molecule has 3 heteroatoms. The molecule has 1 aromatic carbocycles. The molecule has 0 bridgehead atoms. The molecule has 0 aliphatic heterocycles. The minimum Gasteiger partial charge on any atom is -0.507 e. The summed E-state index contributed by atoms with van der Waals surface area (Å²) < 4.78 is 0. The first-order valence-electron chi connectivity index (χ1n) is 5.62. The van der Waals surface area contributed by atoms with E-state index in [0.717, 1.165) is 18.7 Å². The van der Waals surface area contributed by atoms with E-state index in [9.17, 15) is 9.90 Å². The number of Topliss-reactive ketones (excluding diaryl/α,β-unsaturated/α-hetero) is 1. The van der Waals surface area contributed by atoms with Gasteiger partial charge in [0.25, 0.3) is 0 Å². The maximum Gasteiger partial charge on any atom is 0.163 e. The second-order valence-electron chi connectivity index (χ2n) is 3.88. The number of hydrogen-bond acceptors (Lipinski definition) is 3. The fraction of sp³-hybridized carbons (Fsp3) is 0.357. The Bertz CT molecular complexity index is 446. The fourth-order valence-corrected chi connectivity index (χ4v) is 1.69. The lowest BCUT2D eigenvalue weighted by Crippen LogP contribution is -2.24. The molecule has 0 aromatic heterocycles. The van der Waals surface area contributed by atoms with Crippen LogP contribution in [0.1, 0.15) is 30.6 Å². The molecule has 1 N–H and O–H groups in total. The van der Waals surface area contributed by atoms with Crippen molar-refractivity contribution < 1.29 is 9.90 Å². The Kier molecular flexibility index (Phi) is 4.59. The monoisotopic (exact) mass is 231 g/mol. The standard InChI is InChI=1S/C14H17NO2/c1-4-8-15(9-5-2)12-6-7-13(11(3)16)14(17)10-12/h1,6-7,10,17H,5,8-9H2,2-3H3. The van der Waals surface area contributed by atoms with Gasteiger partial charge in [0.05, 0.1) is 12.1 Å². The van der Waals surface area contributed by atoms with Gasteiger partial charge in [-0.15, -0.1) is 6.42 Å². The number of anilines is 1. The second kappa shape index (κ2) is 5.95. The van der Waals surface area contributed by atoms with Gasteiger partial charge in [-0.05, 0) is 25.5 Å². The molecule has 90 valence electrons. The van der Waals surface area contributed by atoms with E-state index in [1.54, 1.807) is 12.1 Å². The van der Waals surface area contributed by atoms with E-state index < -0.39 is 0 Å². The number of phenols is 1. The molecule has 0 amide bonds. The van der Waals surface area contributed by atoms with Crippen molar-refractivity contribution in [3.05, 3.63) is 23.8 Å². The van der Waals surface area contributed by atoms with Gasteiger partial charge in [0.1, 0.15) is 5.75 Å². The molecular formula is C14H17NO2. The number of ketones is 1. The summed E-state index contributed by atoms with van der Waals surface area (Å²) in [6.45, 7) is 4.81. The summed E-state index contributed by atoms with van der Waals surface area (Å²) in [6, 6.07) is 5.03. The quantitative estimate of drug-likeness (QED) is 0.625. The Balaban J connectivity index is 3.02. The number of terminal acetylenes is 1. The lowest BCUT2D eigenvalue weighted by molar-refractivity contribution is 0.101. The van der Waals surface area contributed by atoms with Crippen molar-refractivity contribution in [2.75, 3.05) is 18.0 Å². The highest BCUT2D eigenvalue weighted by Gasteiger charge is 2.10. The van der Waals surface area contributed by atoms with Gasteiger partial charge in [-0.3, -0.25) is 4.79 Å². The molecule has 0 heterocycles. The number of carbonyl (C=O) groups excluding carboxylic acids is 1. The van der Waals surface area contributed by atoms with Gasteiger partial charge >= 0.3 is 0 Å². The highest BCUT2D eigenvalue weighted by molar-refractivity contribution is 5.97. The third kappa shape index (κ3) is 3.25. The minimum atomic E-state index is -0.145. The molecule has 0 fully saturated rings. The SMILES string of the molecule is C#CCN(CCC)c1ccc(C(C)=O)c(O)c1. The molecule has 1 aromatic rings. The van der Waals surface area contributed by atoms with Crippen LogP contribution >= 0.6 is 0 Å². The van der Waals surface area contributed by atoms with Crippen molar-refractivity contribution >= 4 is 11.5 Å². The van der Waals surface area contributed by atoms with Gasteiger partial charge in [-0.1, -0.05) is 12.8 Å². The first-order chi connectivity index (χ1) is 8.10. The molecule has 0 atom stereocenters. The highest BCUT2D eigenvalue weighted by Crippen LogP contribution is 2.25. The van der Waals surface area contributed by atoms with Crippen molar-refractivity contribution in [2.24, 2.45) is 0 Å². The molecule has 17 heavy (non-hydrogen) atoms. The number of aromatic hydroxyl groups is 1. The van der Waals surface area contributed by atoms with Crippen molar-refractivity contribution in [3.8, 4) is 18.1 Å². The summed E-state index contributed by atoms with van der Waals surface area (Å²) in [7, 11) is 0. The van der Waals surface area contributed by atoms with Crippen LogP contribution in [0.25, 0.3) is 0 Å². The number of benzene rings is 1. The number of carbonyl (C=O) groups is 1. The Morgan fingerprint density at radius 2 is 2.24 bits per heavy atom. The van der Waals surface area contributed by atoms with E-state index in [1.807, 2.05) is 11.0 Å². The average molecular weight is 231 g/mol. The number of hydrogen-bond donors (Lipinski definition) is 1. The predicted octanol–water partition coefficient (Wildman–Crippen LogP) is 2.44. The minimum absolute atomic E-state index is 0.00752. The first-order valence-corrected chi connectivity index (χ1v) is 5.62. The summed E-state index contributed by atoms with van der Waals surface area (Å²) >= 11 is 0. The molecular weight excluding hydrogens is 214 g/mol. The predicted molar refractivity (Wildman–Crippen MR) is 69.4 cm³/mol. The van der Waals surface area contributed by atoms with Gasteiger partial charge in [0.15, 0.2) is 5.78 Å². The van der Waals surface area contributed by atoms with Crippen molar-refractivity contribution in [1.82, 2.24) is 0 Å². The molecule has 0 radical (unpaired) electrons. The summed E-state index contributed by atoms with van der Waals surface area (Å²) in [5.74, 6) is 2.45. The van der Waals surface area contributed by atoms with Gasteiger partial charge in [-0.25, -0.2) is 0 Å². The zero-order valence-corrected chi connectivity index (χ0v) is 10.2. The highest BCUT2D eigenvalue weighted by atomic mass is 16.3. The zero-order chi connectivity index (χ0) is 12.8. The third-order valence-electron chi connectivity index (χ3n) is 2.50. The molecule has 0 aliphatic rings. The van der Waals surface area contributed by atoms with Crippen LogP contribution in [0, 0.1) is 12.3 Å². The van der Waals surface area contributed by atoms with Gasteiger partial charge in [0.2, 0.25) is 0 Å². The smallest absolute Gasteiger partial charge is 0.163 e. The van der Waals surface area contributed by atoms with Crippen molar-refractivity contribution in [1.29, 1.82) is 0 Å². The van der Waals surface area contributed by atoms with E-state index in [4.69, 9.17) is 6.42 Å². The van der Waals surface area contributed by atoms with Gasteiger partial charge in [-0.2, -0.15) is 0 Å². The Morgan fingerprint density at radius 1 is 1.53 bits per heavy atom. The molecule has 1 rings (SSSR count). The van der Waals surface area contributed by atoms with Crippen LogP contribution in [0.15, 0.2) is 18.2 Å². The molecule has 0 spiro atoms. The Labute approximate surface area is 102 Å². The maximum absolute atomic E-state index is 11.2. The van der Waals surface area contributed by atoms with E-state index in [1.165, 1.54) is 6.92 Å². The molecule has 0 unspecified atom stereocenters. The molecule has 3 nitrogen and oxygen atoms in total. The van der Waals surface area contributed by atoms with Crippen LogP contribution in [0.5, 0.6) is 5.75 Å². The lowest BCUT2D eigenvalue weighted by Gasteiger charge is -2.22. The van der Waals surface area contributed by atoms with Crippen LogP contribution < -0.4 is 4.90 Å². The molecule has 0 aliphatic carbocycles. The molecule has 0 saturated carbocycles. The van der Waals surface area contributed by atoms with E-state index in [0.29, 0.717) is 12.1 Å². The normalized spacial score (nSPS) is 9.71. The van der Waals surface area contributed by atoms with E-state index >= 15 is 0 Å². The van der Waals surface area contributed by atoms with Crippen LogP contribution in [-0.4, -0.2) is 24.0 Å². The average Bonchev–Trinajstić information content (AvgIpc) is 2.28. The van der Waals surface area contributed by atoms with Gasteiger partial charge in [0, 0.05) is 18.3 Å². The summed E-state index contributed by atoms with van der Waals surface area (Å²) in [4.78, 5) is 13.2. The maximum atomic E-state index is 11.2. The number of nitrogens with zero attached hydrogens (tertiary/aromatic N) is 1. The van der Waals surface area contributed by atoms with Crippen LogP contribution in [0.3, 0.4) is 0 Å². The molecule has 0 saturated heterocycles. The van der Waals surface area contributed by atoms with Gasteiger partial charge < -0.3 is 10.0 Å². The van der Waals surface area contributed by atoms with Crippen LogP contribution in [0.2, 0.25) is 0 Å². The van der Waals surface area contributed by atoms with Crippen molar-refractivity contribution in [2.45, 2.75) is 20.3 Å². The summed E-state index contributed by atoms with van der Waals surface area (Å²) in [6.07, 6.45) is 6.27. The van der Waals surface area contributed by atoms with Crippen molar-refractivity contribution in [3.63, 3.8) is 0 Å². The zero-order valence-electron chi connectivity index (χ0n) is 10.2.